The topological polar surface area (TPSA) is 93.2 Å². The Morgan fingerprint density at radius 3 is 2.89 bits per heavy atom. The van der Waals surface area contributed by atoms with Gasteiger partial charge in [0.2, 0.25) is 11.9 Å². The van der Waals surface area contributed by atoms with E-state index < -0.39 is 0 Å². The Labute approximate surface area is 163 Å². The maximum absolute atomic E-state index is 12.9. The summed E-state index contributed by atoms with van der Waals surface area (Å²) in [7, 11) is 2.12. The van der Waals surface area contributed by atoms with E-state index in [4.69, 9.17) is 5.73 Å². The quantitative estimate of drug-likeness (QED) is 0.731. The molecule has 2 N–H and O–H groups in total. The Morgan fingerprint density at radius 1 is 1.25 bits per heavy atom. The lowest BCUT2D eigenvalue weighted by Gasteiger charge is -2.51. The lowest BCUT2D eigenvalue weighted by Crippen LogP contribution is -2.62. The Kier molecular flexibility index (Phi) is 3.83. The second-order valence-corrected chi connectivity index (χ2v) is 8.06. The Bertz CT molecular complexity index is 1040. The zero-order valence-corrected chi connectivity index (χ0v) is 15.8. The fourth-order valence-corrected chi connectivity index (χ4v) is 4.80. The molecule has 8 nitrogen and oxygen atoms in total. The molecule has 1 aromatic carbocycles. The number of anilines is 1. The molecule has 1 spiro atoms. The molecule has 5 rings (SSSR count). The molecule has 1 amide bonds. The average molecular weight is 377 g/mol. The van der Waals surface area contributed by atoms with Crippen LogP contribution in [0, 0.1) is 5.41 Å². The number of nitrogen functional groups attached to an aromatic ring is 1. The van der Waals surface area contributed by atoms with Gasteiger partial charge in [0, 0.05) is 49.1 Å². The standard InChI is InChI=1S/C20H23N7O/c1-25-9-15(16-6-7-22-19(21)24-16)20(11-25)12-26(13-20)18(28)10-27-17-5-3-2-4-14(17)8-23-27/h2-8,15H,9-13H2,1H3,(H2,21,22,24). The van der Waals surface area contributed by atoms with Crippen molar-refractivity contribution in [2.24, 2.45) is 5.41 Å². The van der Waals surface area contributed by atoms with E-state index in [0.717, 1.165) is 42.8 Å². The molecular weight excluding hydrogens is 354 g/mol. The van der Waals surface area contributed by atoms with Crippen LogP contribution in [0.1, 0.15) is 11.6 Å². The minimum atomic E-state index is 0.0391. The number of para-hydroxylation sites is 1. The number of hydrogen-bond acceptors (Lipinski definition) is 6. The van der Waals surface area contributed by atoms with Crippen LogP contribution in [-0.2, 0) is 11.3 Å². The van der Waals surface area contributed by atoms with E-state index in [2.05, 4.69) is 27.0 Å². The summed E-state index contributed by atoms with van der Waals surface area (Å²) in [6.07, 6.45) is 3.52. The lowest BCUT2D eigenvalue weighted by atomic mass is 9.70. The van der Waals surface area contributed by atoms with Crippen molar-refractivity contribution in [3.8, 4) is 0 Å². The van der Waals surface area contributed by atoms with Crippen LogP contribution >= 0.6 is 0 Å². The second kappa shape index (κ2) is 6.27. The molecular formula is C20H23N7O. The van der Waals surface area contributed by atoms with E-state index >= 15 is 0 Å². The number of fused-ring (bicyclic) bond motifs is 1. The van der Waals surface area contributed by atoms with Gasteiger partial charge in [0.1, 0.15) is 6.54 Å². The first-order valence-electron chi connectivity index (χ1n) is 9.49. The summed E-state index contributed by atoms with van der Waals surface area (Å²) >= 11 is 0. The van der Waals surface area contributed by atoms with Crippen molar-refractivity contribution in [1.82, 2.24) is 29.5 Å². The Hall–Kier alpha value is -3.00. The molecule has 2 aliphatic heterocycles. The predicted molar refractivity (Wildman–Crippen MR) is 105 cm³/mol. The summed E-state index contributed by atoms with van der Waals surface area (Å²) in [5.41, 5.74) is 7.80. The van der Waals surface area contributed by atoms with Gasteiger partial charge in [-0.25, -0.2) is 9.97 Å². The number of nitrogens with two attached hydrogens (primary N) is 1. The zero-order valence-electron chi connectivity index (χ0n) is 15.8. The molecule has 28 heavy (non-hydrogen) atoms. The van der Waals surface area contributed by atoms with Crippen LogP contribution in [0.3, 0.4) is 0 Å². The van der Waals surface area contributed by atoms with Gasteiger partial charge >= 0.3 is 0 Å². The third kappa shape index (κ3) is 2.72. The number of aromatic nitrogens is 4. The first kappa shape index (κ1) is 17.1. The minimum absolute atomic E-state index is 0.0391. The fraction of sp³-hybridized carbons (Fsp3) is 0.400. The first-order valence-corrected chi connectivity index (χ1v) is 9.49. The van der Waals surface area contributed by atoms with Crippen LogP contribution < -0.4 is 5.73 Å². The molecule has 144 valence electrons. The van der Waals surface area contributed by atoms with E-state index in [0.29, 0.717) is 5.95 Å². The zero-order chi connectivity index (χ0) is 19.3. The van der Waals surface area contributed by atoms with Crippen molar-refractivity contribution in [3.05, 3.63) is 48.4 Å². The number of carbonyl (C=O) groups is 1. The molecule has 2 saturated heterocycles. The monoisotopic (exact) mass is 377 g/mol. The van der Waals surface area contributed by atoms with Crippen LogP contribution in [-0.4, -0.2) is 68.7 Å². The van der Waals surface area contributed by atoms with Gasteiger partial charge in [0.15, 0.2) is 0 Å². The van der Waals surface area contributed by atoms with Gasteiger partial charge in [0.05, 0.1) is 17.4 Å². The number of hydrogen-bond donors (Lipinski definition) is 1. The summed E-state index contributed by atoms with van der Waals surface area (Å²) in [6, 6.07) is 9.90. The van der Waals surface area contributed by atoms with Crippen molar-refractivity contribution in [2.45, 2.75) is 12.5 Å². The van der Waals surface area contributed by atoms with Gasteiger partial charge in [0.25, 0.3) is 0 Å². The van der Waals surface area contributed by atoms with E-state index in [9.17, 15) is 4.79 Å². The summed E-state index contributed by atoms with van der Waals surface area (Å²) in [6.45, 7) is 3.62. The molecule has 2 aliphatic rings. The molecule has 3 aromatic rings. The SMILES string of the molecule is CN1CC(c2ccnc(N)n2)C2(C1)CN(C(=O)Cn1ncc3ccccc31)C2. The van der Waals surface area contributed by atoms with Gasteiger partial charge in [-0.1, -0.05) is 18.2 Å². The number of likely N-dealkylation sites (N-methyl/N-ethyl adjacent to an activating group) is 1. The molecule has 1 atom stereocenters. The third-order valence-corrected chi connectivity index (χ3v) is 6.07. The summed E-state index contributed by atoms with van der Waals surface area (Å²) < 4.78 is 1.78. The molecule has 0 saturated carbocycles. The summed E-state index contributed by atoms with van der Waals surface area (Å²) in [4.78, 5) is 25.6. The number of amides is 1. The molecule has 2 fully saturated rings. The van der Waals surface area contributed by atoms with Crippen molar-refractivity contribution >= 4 is 22.8 Å². The van der Waals surface area contributed by atoms with E-state index in [-0.39, 0.29) is 23.8 Å². The normalized spacial score (nSPS) is 21.3. The average Bonchev–Trinajstić information content (AvgIpc) is 3.22. The van der Waals surface area contributed by atoms with Gasteiger partial charge in [-0.15, -0.1) is 0 Å². The summed E-state index contributed by atoms with van der Waals surface area (Å²) in [5.74, 6) is 0.674. The maximum atomic E-state index is 12.9. The Morgan fingerprint density at radius 2 is 2.07 bits per heavy atom. The molecule has 0 radical (unpaired) electrons. The second-order valence-electron chi connectivity index (χ2n) is 8.06. The van der Waals surface area contributed by atoms with E-state index in [1.165, 1.54) is 0 Å². The number of nitrogens with zero attached hydrogens (tertiary/aromatic N) is 6. The molecule has 1 unspecified atom stereocenters. The van der Waals surface area contributed by atoms with Crippen LogP contribution in [0.25, 0.3) is 10.9 Å². The largest absolute Gasteiger partial charge is 0.368 e. The highest BCUT2D eigenvalue weighted by atomic mass is 16.2. The molecule has 0 aliphatic carbocycles. The maximum Gasteiger partial charge on any atom is 0.244 e. The highest BCUT2D eigenvalue weighted by Gasteiger charge is 2.55. The highest BCUT2D eigenvalue weighted by molar-refractivity contribution is 5.82. The number of carbonyl (C=O) groups excluding carboxylic acids is 1. The summed E-state index contributed by atoms with van der Waals surface area (Å²) in [5, 5.41) is 5.43. The van der Waals surface area contributed by atoms with Crippen LogP contribution in [0.2, 0.25) is 0 Å². The first-order chi connectivity index (χ1) is 13.5. The third-order valence-electron chi connectivity index (χ3n) is 6.07. The smallest absolute Gasteiger partial charge is 0.244 e. The minimum Gasteiger partial charge on any atom is -0.368 e. The van der Waals surface area contributed by atoms with Crippen LogP contribution in [0.15, 0.2) is 42.7 Å². The number of rotatable bonds is 3. The highest BCUT2D eigenvalue weighted by Crippen LogP contribution is 2.48. The van der Waals surface area contributed by atoms with Crippen molar-refractivity contribution in [1.29, 1.82) is 0 Å². The van der Waals surface area contributed by atoms with Crippen LogP contribution in [0.5, 0.6) is 0 Å². The van der Waals surface area contributed by atoms with Gasteiger partial charge in [-0.3, -0.25) is 9.48 Å². The van der Waals surface area contributed by atoms with Gasteiger partial charge < -0.3 is 15.5 Å². The van der Waals surface area contributed by atoms with Gasteiger partial charge in [-0.2, -0.15) is 5.10 Å². The fourth-order valence-electron chi connectivity index (χ4n) is 4.80. The van der Waals surface area contributed by atoms with E-state index in [1.54, 1.807) is 10.9 Å². The van der Waals surface area contributed by atoms with E-state index in [1.807, 2.05) is 41.4 Å². The van der Waals surface area contributed by atoms with Crippen molar-refractivity contribution in [2.75, 3.05) is 39.0 Å². The number of likely N-dealkylation sites (tertiary alicyclic amines) is 2. The molecule has 0 bridgehead atoms. The Balaban J connectivity index is 1.32. The number of benzene rings is 1. The molecule has 2 aromatic heterocycles. The molecule has 8 heteroatoms. The van der Waals surface area contributed by atoms with Gasteiger partial charge in [-0.05, 0) is 19.2 Å². The predicted octanol–water partition coefficient (Wildman–Crippen LogP) is 0.966. The van der Waals surface area contributed by atoms with Crippen molar-refractivity contribution < 1.29 is 4.79 Å². The lowest BCUT2D eigenvalue weighted by molar-refractivity contribution is -0.144. The van der Waals surface area contributed by atoms with Crippen LogP contribution in [0.4, 0.5) is 5.95 Å². The molecule has 4 heterocycles. The van der Waals surface area contributed by atoms with Crippen molar-refractivity contribution in [3.63, 3.8) is 0 Å².